The molecule has 2 unspecified atom stereocenters. The molecule has 0 radical (unpaired) electrons. The number of nitrogens with two attached hydrogens (primary N) is 1. The number of aldehydes is 1. The van der Waals surface area contributed by atoms with Crippen LogP contribution >= 0.6 is 0 Å². The number of para-hydroxylation sites is 1. The van der Waals surface area contributed by atoms with Crippen molar-refractivity contribution in [3.05, 3.63) is 53.8 Å². The molecule has 0 amide bonds. The molecule has 4 heterocycles. The minimum atomic E-state index is -0.216. The van der Waals surface area contributed by atoms with E-state index >= 15 is 0 Å². The SMILES string of the molecule is Cc1cccc(-c2cc(N3CC4CCC(C3)N4c3ccc(F)c(N4CCC(C=O)CC4)c3)c(N)nn2)c1O. The summed E-state index contributed by atoms with van der Waals surface area (Å²) < 4.78 is 14.9. The molecule has 3 saturated heterocycles. The van der Waals surface area contributed by atoms with E-state index in [-0.39, 0.29) is 29.6 Å². The van der Waals surface area contributed by atoms with Crippen LogP contribution in [0.15, 0.2) is 42.5 Å². The van der Waals surface area contributed by atoms with Gasteiger partial charge in [0.05, 0.1) is 17.1 Å². The highest BCUT2D eigenvalue weighted by Gasteiger charge is 2.41. The van der Waals surface area contributed by atoms with Gasteiger partial charge < -0.3 is 30.3 Å². The highest BCUT2D eigenvalue weighted by molar-refractivity contribution is 5.75. The Kier molecular flexibility index (Phi) is 6.29. The number of carbonyl (C=O) groups excluding carboxylic acids is 1. The van der Waals surface area contributed by atoms with E-state index in [0.717, 1.165) is 62.0 Å². The van der Waals surface area contributed by atoms with Crippen molar-refractivity contribution in [1.82, 2.24) is 10.2 Å². The van der Waals surface area contributed by atoms with Crippen molar-refractivity contribution in [2.45, 2.75) is 44.7 Å². The van der Waals surface area contributed by atoms with Gasteiger partial charge in [-0.3, -0.25) is 0 Å². The lowest BCUT2D eigenvalue weighted by Crippen LogP contribution is -2.54. The number of piperidine rings is 1. The minimum Gasteiger partial charge on any atom is -0.507 e. The zero-order valence-electron chi connectivity index (χ0n) is 21.6. The van der Waals surface area contributed by atoms with Gasteiger partial charge in [0.15, 0.2) is 5.82 Å². The molecule has 3 aliphatic heterocycles. The summed E-state index contributed by atoms with van der Waals surface area (Å²) in [5, 5.41) is 19.1. The first-order valence-electron chi connectivity index (χ1n) is 13.4. The fraction of sp³-hybridized carbons (Fsp3) is 0.414. The summed E-state index contributed by atoms with van der Waals surface area (Å²) in [5.74, 6) is 0.431. The Morgan fingerprint density at radius 1 is 0.974 bits per heavy atom. The lowest BCUT2D eigenvalue weighted by molar-refractivity contribution is -0.111. The number of nitrogens with zero attached hydrogens (tertiary/aromatic N) is 5. The minimum absolute atomic E-state index is 0.0759. The summed E-state index contributed by atoms with van der Waals surface area (Å²) in [6, 6.07) is 13.5. The molecule has 2 aromatic carbocycles. The van der Waals surface area contributed by atoms with Crippen LogP contribution in [0.2, 0.25) is 0 Å². The van der Waals surface area contributed by atoms with Gasteiger partial charge in [-0.25, -0.2) is 4.39 Å². The number of aromatic nitrogens is 2. The van der Waals surface area contributed by atoms with Crippen LogP contribution in [-0.4, -0.2) is 59.9 Å². The molecule has 6 rings (SSSR count). The molecule has 38 heavy (non-hydrogen) atoms. The van der Waals surface area contributed by atoms with Gasteiger partial charge in [-0.05, 0) is 68.5 Å². The fourth-order valence-corrected chi connectivity index (χ4v) is 6.34. The number of phenols is 1. The molecule has 0 spiro atoms. The van der Waals surface area contributed by atoms with E-state index in [1.54, 1.807) is 6.07 Å². The number of carbonyl (C=O) groups is 1. The Labute approximate surface area is 221 Å². The smallest absolute Gasteiger partial charge is 0.169 e. The van der Waals surface area contributed by atoms with Gasteiger partial charge in [0.2, 0.25) is 0 Å². The number of hydrogen-bond donors (Lipinski definition) is 2. The van der Waals surface area contributed by atoms with Crippen LogP contribution in [0, 0.1) is 18.7 Å². The number of nitrogen functional groups attached to an aromatic ring is 1. The summed E-state index contributed by atoms with van der Waals surface area (Å²) in [7, 11) is 0. The molecule has 0 saturated carbocycles. The molecule has 2 bridgehead atoms. The molecule has 8 nitrogen and oxygen atoms in total. The number of fused-ring (bicyclic) bond motifs is 2. The third-order valence-electron chi connectivity index (χ3n) is 8.44. The number of phenolic OH excluding ortho intramolecular Hbond substituents is 1. The predicted molar refractivity (Wildman–Crippen MR) is 147 cm³/mol. The Hall–Kier alpha value is -3.88. The van der Waals surface area contributed by atoms with Crippen molar-refractivity contribution < 1.29 is 14.3 Å². The van der Waals surface area contributed by atoms with E-state index in [1.165, 1.54) is 0 Å². The molecule has 3 aromatic rings. The van der Waals surface area contributed by atoms with Crippen LogP contribution in [0.1, 0.15) is 31.2 Å². The first-order chi connectivity index (χ1) is 18.4. The van der Waals surface area contributed by atoms with Gasteiger partial charge in [0.25, 0.3) is 0 Å². The van der Waals surface area contributed by atoms with Crippen molar-refractivity contribution in [3.63, 3.8) is 0 Å². The number of benzene rings is 2. The molecule has 198 valence electrons. The number of rotatable bonds is 5. The van der Waals surface area contributed by atoms with E-state index in [0.29, 0.717) is 35.9 Å². The molecular formula is C29H33FN6O2. The topological polar surface area (TPSA) is 98.8 Å². The molecule has 1 aromatic heterocycles. The standard InChI is InChI=1S/C29H33FN6O2/c1-18-3-2-4-23(28(18)38)25-14-27(29(31)33-32-25)35-15-21-5-6-22(16-35)36(21)20-7-8-24(30)26(13-20)34-11-9-19(17-37)10-12-34/h2-4,7-8,13-14,17,19,21-22,38H,5-6,9-12,15-16H2,1H3,(H2,31,33). The number of hydrogen-bond acceptors (Lipinski definition) is 8. The van der Waals surface area contributed by atoms with E-state index in [1.807, 2.05) is 43.3 Å². The quantitative estimate of drug-likeness (QED) is 0.488. The third kappa shape index (κ3) is 4.29. The van der Waals surface area contributed by atoms with Gasteiger partial charge in [0, 0.05) is 55.4 Å². The largest absolute Gasteiger partial charge is 0.507 e. The van der Waals surface area contributed by atoms with Crippen molar-refractivity contribution in [2.75, 3.05) is 46.6 Å². The molecule has 2 atom stereocenters. The molecule has 3 aliphatic rings. The lowest BCUT2D eigenvalue weighted by atomic mass is 9.98. The van der Waals surface area contributed by atoms with Gasteiger partial charge in [-0.15, -0.1) is 10.2 Å². The Morgan fingerprint density at radius 3 is 2.42 bits per heavy atom. The average molecular weight is 517 g/mol. The van der Waals surface area contributed by atoms with Crippen LogP contribution in [0.3, 0.4) is 0 Å². The second kappa shape index (κ2) is 9.78. The molecule has 3 fully saturated rings. The number of halogens is 1. The van der Waals surface area contributed by atoms with E-state index < -0.39 is 0 Å². The van der Waals surface area contributed by atoms with Crippen molar-refractivity contribution in [1.29, 1.82) is 0 Å². The summed E-state index contributed by atoms with van der Waals surface area (Å²) in [6.07, 6.45) is 4.64. The number of aryl methyl sites for hydroxylation is 1. The number of aromatic hydroxyl groups is 1. The van der Waals surface area contributed by atoms with Crippen LogP contribution in [-0.2, 0) is 4.79 Å². The van der Waals surface area contributed by atoms with Crippen molar-refractivity contribution in [3.8, 4) is 17.0 Å². The first kappa shape index (κ1) is 24.5. The molecule has 0 aliphatic carbocycles. The van der Waals surface area contributed by atoms with E-state index in [4.69, 9.17) is 5.73 Å². The highest BCUT2D eigenvalue weighted by atomic mass is 19.1. The summed E-state index contributed by atoms with van der Waals surface area (Å²) >= 11 is 0. The number of piperazine rings is 1. The second-order valence-electron chi connectivity index (χ2n) is 10.8. The molecular weight excluding hydrogens is 483 g/mol. The number of anilines is 4. The normalized spacial score (nSPS) is 21.7. The average Bonchev–Trinajstić information content (AvgIpc) is 3.20. The second-order valence-corrected chi connectivity index (χ2v) is 10.8. The van der Waals surface area contributed by atoms with E-state index in [2.05, 4.69) is 24.9 Å². The maximum atomic E-state index is 14.9. The van der Waals surface area contributed by atoms with E-state index in [9.17, 15) is 14.3 Å². The highest BCUT2D eigenvalue weighted by Crippen LogP contribution is 2.40. The maximum absolute atomic E-state index is 14.9. The summed E-state index contributed by atoms with van der Waals surface area (Å²) in [5.41, 5.74) is 10.8. The first-order valence-corrected chi connectivity index (χ1v) is 13.4. The molecule has 9 heteroatoms. The van der Waals surface area contributed by atoms with Crippen LogP contribution in [0.25, 0.3) is 11.3 Å². The van der Waals surface area contributed by atoms with Crippen LogP contribution in [0.5, 0.6) is 5.75 Å². The van der Waals surface area contributed by atoms with Gasteiger partial charge in [-0.2, -0.15) is 0 Å². The lowest BCUT2D eigenvalue weighted by Gasteiger charge is -2.44. The summed E-state index contributed by atoms with van der Waals surface area (Å²) in [6.45, 7) is 4.77. The van der Waals surface area contributed by atoms with Crippen molar-refractivity contribution >= 4 is 29.2 Å². The Balaban J connectivity index is 1.24. The molecule has 3 N–H and O–H groups in total. The fourth-order valence-electron chi connectivity index (χ4n) is 6.34. The monoisotopic (exact) mass is 516 g/mol. The van der Waals surface area contributed by atoms with Crippen LogP contribution in [0.4, 0.5) is 27.3 Å². The van der Waals surface area contributed by atoms with Crippen LogP contribution < -0.4 is 20.4 Å². The summed E-state index contributed by atoms with van der Waals surface area (Å²) in [4.78, 5) is 17.9. The van der Waals surface area contributed by atoms with Gasteiger partial charge >= 0.3 is 0 Å². The van der Waals surface area contributed by atoms with Crippen molar-refractivity contribution in [2.24, 2.45) is 5.92 Å². The Morgan fingerprint density at radius 2 is 1.71 bits per heavy atom. The van der Waals surface area contributed by atoms with Gasteiger partial charge in [0.1, 0.15) is 17.9 Å². The zero-order valence-corrected chi connectivity index (χ0v) is 21.6. The Bertz CT molecular complexity index is 1340. The van der Waals surface area contributed by atoms with Gasteiger partial charge in [-0.1, -0.05) is 12.1 Å². The predicted octanol–water partition coefficient (Wildman–Crippen LogP) is 4.15. The maximum Gasteiger partial charge on any atom is 0.169 e. The third-order valence-corrected chi connectivity index (χ3v) is 8.44. The zero-order chi connectivity index (χ0) is 26.4.